The summed E-state index contributed by atoms with van der Waals surface area (Å²) in [5, 5.41) is 0. The first-order chi connectivity index (χ1) is 11.4. The molecule has 2 unspecified atom stereocenters. The number of carbonyl (C=O) groups excluding carboxylic acids is 2. The number of amides is 2. The second-order valence-electron chi connectivity index (χ2n) is 6.88. The topological polar surface area (TPSA) is 66.6 Å². The number of nitrogens with zero attached hydrogens (tertiary/aromatic N) is 2. The highest BCUT2D eigenvalue weighted by Crippen LogP contribution is 2.22. The summed E-state index contributed by atoms with van der Waals surface area (Å²) in [5.41, 5.74) is 7.27. The van der Waals surface area contributed by atoms with Crippen LogP contribution in [-0.2, 0) is 9.59 Å². The summed E-state index contributed by atoms with van der Waals surface area (Å²) >= 11 is 0. The van der Waals surface area contributed by atoms with Crippen molar-refractivity contribution in [3.8, 4) is 0 Å². The lowest BCUT2D eigenvalue weighted by Crippen LogP contribution is -2.42. The fourth-order valence-corrected chi connectivity index (χ4v) is 3.13. The molecular formula is C19H29N3O2. The monoisotopic (exact) mass is 331 g/mol. The summed E-state index contributed by atoms with van der Waals surface area (Å²) in [6, 6.07) is 9.43. The molecule has 0 aromatic heterocycles. The van der Waals surface area contributed by atoms with E-state index in [9.17, 15) is 9.59 Å². The molecule has 0 spiro atoms. The van der Waals surface area contributed by atoms with Crippen molar-refractivity contribution >= 4 is 11.8 Å². The molecule has 1 fully saturated rings. The van der Waals surface area contributed by atoms with E-state index in [0.717, 1.165) is 18.5 Å². The molecule has 0 saturated carbocycles. The van der Waals surface area contributed by atoms with Gasteiger partial charge in [0.15, 0.2) is 0 Å². The van der Waals surface area contributed by atoms with Gasteiger partial charge in [0, 0.05) is 38.1 Å². The Balaban J connectivity index is 1.98. The van der Waals surface area contributed by atoms with Crippen LogP contribution in [0.25, 0.3) is 0 Å². The lowest BCUT2D eigenvalue weighted by molar-refractivity contribution is -0.137. The number of carbonyl (C=O) groups is 2. The molecule has 0 radical (unpaired) electrons. The molecule has 1 aliphatic heterocycles. The van der Waals surface area contributed by atoms with Crippen LogP contribution < -0.4 is 5.73 Å². The van der Waals surface area contributed by atoms with E-state index in [1.807, 2.05) is 60.9 Å². The largest absolute Gasteiger partial charge is 0.341 e. The van der Waals surface area contributed by atoms with Gasteiger partial charge in [0.25, 0.3) is 0 Å². The molecule has 132 valence electrons. The van der Waals surface area contributed by atoms with E-state index in [0.29, 0.717) is 19.6 Å². The minimum Gasteiger partial charge on any atom is -0.341 e. The van der Waals surface area contributed by atoms with E-state index >= 15 is 0 Å². The molecular weight excluding hydrogens is 302 g/mol. The summed E-state index contributed by atoms with van der Waals surface area (Å²) in [5.74, 6) is -0.0408. The summed E-state index contributed by atoms with van der Waals surface area (Å²) < 4.78 is 0. The average Bonchev–Trinajstić information content (AvgIpc) is 2.85. The first kappa shape index (κ1) is 18.5. The number of hydrogen-bond acceptors (Lipinski definition) is 3. The highest BCUT2D eigenvalue weighted by atomic mass is 16.2. The molecule has 5 nitrogen and oxygen atoms in total. The van der Waals surface area contributed by atoms with Crippen molar-refractivity contribution in [2.45, 2.75) is 33.2 Å². The maximum atomic E-state index is 12.8. The van der Waals surface area contributed by atoms with E-state index < -0.39 is 0 Å². The molecule has 1 aliphatic rings. The fourth-order valence-electron chi connectivity index (χ4n) is 3.13. The molecule has 1 aromatic carbocycles. The quantitative estimate of drug-likeness (QED) is 0.918. The van der Waals surface area contributed by atoms with Crippen LogP contribution in [0.3, 0.4) is 0 Å². The van der Waals surface area contributed by atoms with Gasteiger partial charge in [0.2, 0.25) is 11.8 Å². The van der Waals surface area contributed by atoms with Crippen LogP contribution in [0.1, 0.15) is 38.8 Å². The van der Waals surface area contributed by atoms with Gasteiger partial charge in [0.1, 0.15) is 0 Å². The van der Waals surface area contributed by atoms with Crippen molar-refractivity contribution in [1.29, 1.82) is 0 Å². The number of benzene rings is 1. The van der Waals surface area contributed by atoms with E-state index in [1.165, 1.54) is 0 Å². The van der Waals surface area contributed by atoms with Gasteiger partial charge in [-0.3, -0.25) is 9.59 Å². The molecule has 24 heavy (non-hydrogen) atoms. The predicted molar refractivity (Wildman–Crippen MR) is 95.1 cm³/mol. The normalized spacial score (nSPS) is 18.2. The van der Waals surface area contributed by atoms with Crippen LogP contribution in [0, 0.1) is 11.8 Å². The molecule has 1 aromatic rings. The minimum atomic E-state index is -0.310. The first-order valence-corrected chi connectivity index (χ1v) is 8.80. The van der Waals surface area contributed by atoms with Gasteiger partial charge >= 0.3 is 0 Å². The second kappa shape index (κ2) is 8.29. The predicted octanol–water partition coefficient (Wildman–Crippen LogP) is 2.04. The second-order valence-corrected chi connectivity index (χ2v) is 6.88. The molecule has 0 aliphatic carbocycles. The van der Waals surface area contributed by atoms with Gasteiger partial charge in [-0.1, -0.05) is 51.1 Å². The van der Waals surface area contributed by atoms with Gasteiger partial charge in [-0.25, -0.2) is 0 Å². The van der Waals surface area contributed by atoms with Crippen LogP contribution in [0.2, 0.25) is 0 Å². The van der Waals surface area contributed by atoms with Gasteiger partial charge in [-0.2, -0.15) is 0 Å². The van der Waals surface area contributed by atoms with Crippen LogP contribution in [0.4, 0.5) is 0 Å². The average molecular weight is 331 g/mol. The zero-order valence-corrected chi connectivity index (χ0v) is 14.9. The fraction of sp³-hybridized carbons (Fsp3) is 0.579. The third kappa shape index (κ3) is 4.35. The van der Waals surface area contributed by atoms with Gasteiger partial charge in [-0.15, -0.1) is 0 Å². The third-order valence-corrected chi connectivity index (χ3v) is 4.73. The maximum absolute atomic E-state index is 12.8. The molecule has 1 saturated heterocycles. The molecule has 2 atom stereocenters. The van der Waals surface area contributed by atoms with Crippen molar-refractivity contribution in [3.63, 3.8) is 0 Å². The van der Waals surface area contributed by atoms with Crippen molar-refractivity contribution in [2.24, 2.45) is 17.6 Å². The van der Waals surface area contributed by atoms with Crippen molar-refractivity contribution < 1.29 is 9.59 Å². The van der Waals surface area contributed by atoms with E-state index in [2.05, 4.69) is 0 Å². The minimum absolute atomic E-state index is 0.00215. The Kier molecular flexibility index (Phi) is 6.37. The van der Waals surface area contributed by atoms with Crippen molar-refractivity contribution in [2.75, 3.05) is 26.2 Å². The first-order valence-electron chi connectivity index (χ1n) is 8.80. The van der Waals surface area contributed by atoms with Gasteiger partial charge < -0.3 is 15.5 Å². The number of hydrogen-bond donors (Lipinski definition) is 1. The summed E-state index contributed by atoms with van der Waals surface area (Å²) in [7, 11) is 0. The highest BCUT2D eigenvalue weighted by molar-refractivity contribution is 5.80. The summed E-state index contributed by atoms with van der Waals surface area (Å²) in [4.78, 5) is 28.7. The molecule has 0 bridgehead atoms. The van der Waals surface area contributed by atoms with E-state index in [4.69, 9.17) is 5.73 Å². The molecule has 2 N–H and O–H groups in total. The van der Waals surface area contributed by atoms with Gasteiger partial charge in [-0.05, 0) is 12.0 Å². The van der Waals surface area contributed by atoms with Crippen LogP contribution in [0.5, 0.6) is 0 Å². The van der Waals surface area contributed by atoms with E-state index in [1.54, 1.807) is 0 Å². The maximum Gasteiger partial charge on any atom is 0.227 e. The lowest BCUT2D eigenvalue weighted by atomic mass is 9.94. The molecule has 1 heterocycles. The van der Waals surface area contributed by atoms with E-state index in [-0.39, 0.29) is 29.7 Å². The Morgan fingerprint density at radius 3 is 2.00 bits per heavy atom. The Labute approximate surface area is 144 Å². The van der Waals surface area contributed by atoms with Gasteiger partial charge in [0.05, 0.1) is 5.92 Å². The van der Waals surface area contributed by atoms with Crippen LogP contribution >= 0.6 is 0 Å². The number of nitrogens with two attached hydrogens (primary N) is 1. The van der Waals surface area contributed by atoms with Crippen LogP contribution in [0.15, 0.2) is 30.3 Å². The standard InChI is InChI=1S/C19H29N3O2/c1-14(2)18(23)21-10-7-11-22(13-12-21)19(24)15(3)17(20)16-8-5-4-6-9-16/h4-6,8-9,14-15,17H,7,10-13,20H2,1-3H3. The lowest BCUT2D eigenvalue weighted by Gasteiger charge is -2.28. The Morgan fingerprint density at radius 2 is 1.46 bits per heavy atom. The number of rotatable bonds is 4. The summed E-state index contributed by atoms with van der Waals surface area (Å²) in [6.45, 7) is 8.32. The molecule has 2 rings (SSSR count). The highest BCUT2D eigenvalue weighted by Gasteiger charge is 2.29. The summed E-state index contributed by atoms with van der Waals surface area (Å²) in [6.07, 6.45) is 0.817. The zero-order valence-electron chi connectivity index (χ0n) is 14.9. The SMILES string of the molecule is CC(C)C(=O)N1CCCN(C(=O)C(C)C(N)c2ccccc2)CC1. The Hall–Kier alpha value is -1.88. The van der Waals surface area contributed by atoms with Crippen molar-refractivity contribution in [1.82, 2.24) is 9.80 Å². The Morgan fingerprint density at radius 1 is 0.917 bits per heavy atom. The smallest absolute Gasteiger partial charge is 0.227 e. The third-order valence-electron chi connectivity index (χ3n) is 4.73. The molecule has 2 amide bonds. The van der Waals surface area contributed by atoms with Crippen LogP contribution in [-0.4, -0.2) is 47.8 Å². The Bertz CT molecular complexity index is 559. The zero-order chi connectivity index (χ0) is 17.7. The molecule has 5 heteroatoms. The van der Waals surface area contributed by atoms with Crippen molar-refractivity contribution in [3.05, 3.63) is 35.9 Å².